The van der Waals surface area contributed by atoms with E-state index in [-0.39, 0.29) is 30.3 Å². The number of benzene rings is 2. The van der Waals surface area contributed by atoms with Crippen LogP contribution in [0, 0.1) is 5.41 Å². The van der Waals surface area contributed by atoms with E-state index in [0.29, 0.717) is 23.7 Å². The Kier molecular flexibility index (Phi) is 6.18. The van der Waals surface area contributed by atoms with E-state index in [2.05, 4.69) is 16.0 Å². The Morgan fingerprint density at radius 2 is 1.68 bits per heavy atom. The van der Waals surface area contributed by atoms with Crippen molar-refractivity contribution in [1.82, 2.24) is 20.9 Å². The van der Waals surface area contributed by atoms with Crippen molar-refractivity contribution in [3.63, 3.8) is 0 Å². The van der Waals surface area contributed by atoms with Crippen molar-refractivity contribution in [3.05, 3.63) is 59.7 Å². The molecule has 3 aliphatic rings. The van der Waals surface area contributed by atoms with E-state index in [1.807, 2.05) is 4.90 Å². The molecule has 2 aromatic rings. The smallest absolute Gasteiger partial charge is 0.328 e. The molecule has 38 heavy (non-hydrogen) atoms. The van der Waals surface area contributed by atoms with E-state index in [4.69, 9.17) is 0 Å². The highest BCUT2D eigenvalue weighted by atomic mass is 32.2. The second kappa shape index (κ2) is 9.24. The molecule has 3 heterocycles. The number of amides is 6. The maximum absolute atomic E-state index is 13.1. The number of urea groups is 1. The third-order valence-corrected chi connectivity index (χ3v) is 8.95. The van der Waals surface area contributed by atoms with Gasteiger partial charge >= 0.3 is 6.03 Å². The average molecular weight is 540 g/mol. The second-order valence-electron chi connectivity index (χ2n) is 9.54. The summed E-state index contributed by atoms with van der Waals surface area (Å²) in [4.78, 5) is 65.8. The number of nitrogens with zero attached hydrogens (tertiary/aromatic N) is 2. The number of rotatable bonds is 4. The largest absolute Gasteiger partial charge is 0.365 e. The zero-order chi connectivity index (χ0) is 27.2. The second-order valence-corrected chi connectivity index (χ2v) is 11.6. The average Bonchev–Trinajstić information content (AvgIpc) is 3.26. The van der Waals surface area contributed by atoms with Gasteiger partial charge in [-0.15, -0.1) is 0 Å². The highest BCUT2D eigenvalue weighted by Crippen LogP contribution is 2.34. The van der Waals surface area contributed by atoms with Gasteiger partial charge in [-0.25, -0.2) is 13.2 Å². The Hall–Kier alpha value is -4.26. The fourth-order valence-corrected chi connectivity index (χ4v) is 6.60. The van der Waals surface area contributed by atoms with Crippen molar-refractivity contribution in [1.29, 1.82) is 0 Å². The molecule has 3 N–H and O–H groups in total. The van der Waals surface area contributed by atoms with E-state index in [0.717, 1.165) is 5.56 Å². The Labute approximate surface area is 218 Å². The summed E-state index contributed by atoms with van der Waals surface area (Å²) in [5.41, 5.74) is -0.0959. The SMILES string of the molecule is CC(=O)N1CC(NC(=O)c2ccc(CN3CCS(=O)(=O)c4ccccc43)cc2)C2(C1)C(=O)NC(=O)NC2=O. The van der Waals surface area contributed by atoms with Gasteiger partial charge in [0.05, 0.1) is 22.4 Å². The van der Waals surface area contributed by atoms with Crippen LogP contribution in [0.4, 0.5) is 10.5 Å². The molecule has 1 spiro atoms. The number of anilines is 1. The minimum Gasteiger partial charge on any atom is -0.365 e. The Morgan fingerprint density at radius 1 is 1.03 bits per heavy atom. The van der Waals surface area contributed by atoms with E-state index < -0.39 is 45.0 Å². The minimum atomic E-state index is -3.32. The first-order valence-electron chi connectivity index (χ1n) is 11.9. The van der Waals surface area contributed by atoms with Gasteiger partial charge in [0.2, 0.25) is 17.7 Å². The Morgan fingerprint density at radius 3 is 2.34 bits per heavy atom. The highest BCUT2D eigenvalue weighted by molar-refractivity contribution is 7.91. The summed E-state index contributed by atoms with van der Waals surface area (Å²) in [7, 11) is -3.32. The summed E-state index contributed by atoms with van der Waals surface area (Å²) in [6.07, 6.45) is 0. The molecule has 0 aromatic heterocycles. The predicted molar refractivity (Wildman–Crippen MR) is 134 cm³/mol. The quantitative estimate of drug-likeness (QED) is 0.450. The number of carbonyl (C=O) groups excluding carboxylic acids is 5. The topological polar surface area (TPSA) is 162 Å². The lowest BCUT2D eigenvalue weighted by Crippen LogP contribution is -2.69. The summed E-state index contributed by atoms with van der Waals surface area (Å²) in [6, 6.07) is 11.5. The molecule has 0 aliphatic carbocycles. The lowest BCUT2D eigenvalue weighted by molar-refractivity contribution is -0.144. The number of para-hydroxylation sites is 1. The number of hydrogen-bond donors (Lipinski definition) is 3. The fraction of sp³-hybridized carbons (Fsp3) is 0.320. The van der Waals surface area contributed by atoms with E-state index >= 15 is 0 Å². The van der Waals surface area contributed by atoms with Crippen molar-refractivity contribution in [2.75, 3.05) is 30.3 Å². The van der Waals surface area contributed by atoms with Crippen LogP contribution in [0.15, 0.2) is 53.4 Å². The van der Waals surface area contributed by atoms with Crippen molar-refractivity contribution in [2.24, 2.45) is 5.41 Å². The molecule has 1 unspecified atom stereocenters. The van der Waals surface area contributed by atoms with Gasteiger partial charge < -0.3 is 15.1 Å². The first-order valence-corrected chi connectivity index (χ1v) is 13.6. The number of sulfone groups is 1. The van der Waals surface area contributed by atoms with Gasteiger partial charge in [-0.05, 0) is 29.8 Å². The first-order chi connectivity index (χ1) is 18.0. The van der Waals surface area contributed by atoms with Crippen molar-refractivity contribution in [3.8, 4) is 0 Å². The molecule has 1 atom stereocenters. The van der Waals surface area contributed by atoms with Crippen LogP contribution >= 0.6 is 0 Å². The normalized spacial score (nSPS) is 21.5. The minimum absolute atomic E-state index is 0.0116. The number of nitrogens with one attached hydrogen (secondary N) is 3. The van der Waals surface area contributed by atoms with E-state index in [9.17, 15) is 32.4 Å². The molecule has 6 amide bonds. The maximum Gasteiger partial charge on any atom is 0.328 e. The van der Waals surface area contributed by atoms with E-state index in [1.54, 1.807) is 48.5 Å². The van der Waals surface area contributed by atoms with E-state index in [1.165, 1.54) is 11.8 Å². The first kappa shape index (κ1) is 25.4. The van der Waals surface area contributed by atoms with Crippen LogP contribution < -0.4 is 20.9 Å². The Bertz CT molecular complexity index is 1450. The molecule has 198 valence electrons. The van der Waals surface area contributed by atoms with Crippen LogP contribution in [-0.4, -0.2) is 74.4 Å². The number of hydrogen-bond acceptors (Lipinski definition) is 8. The van der Waals surface area contributed by atoms with Gasteiger partial charge in [0, 0.05) is 38.7 Å². The molecule has 0 saturated carbocycles. The standard InChI is InChI=1S/C25H25N5O7S/c1-15(31)30-13-20(25(14-30)22(33)27-24(35)28-23(25)34)26-21(32)17-8-6-16(7-9-17)12-29-10-11-38(36,37)19-5-3-2-4-18(19)29/h2-9,20H,10-14H2,1H3,(H,26,32)(H2,27,28,33,34,35). The van der Waals surface area contributed by atoms with Crippen LogP contribution in [0.1, 0.15) is 22.8 Å². The van der Waals surface area contributed by atoms with Crippen LogP contribution in [-0.2, 0) is 30.8 Å². The predicted octanol–water partition coefficient (Wildman–Crippen LogP) is -0.207. The number of likely N-dealkylation sites (tertiary alicyclic amines) is 1. The van der Waals surface area contributed by atoms with Crippen LogP contribution in [0.25, 0.3) is 0 Å². The third kappa shape index (κ3) is 4.28. The molecular weight excluding hydrogens is 514 g/mol. The zero-order valence-electron chi connectivity index (χ0n) is 20.4. The van der Waals surface area contributed by atoms with Crippen molar-refractivity contribution < 1.29 is 32.4 Å². The van der Waals surface area contributed by atoms with Gasteiger partial charge in [0.1, 0.15) is 0 Å². The van der Waals surface area contributed by atoms with Gasteiger partial charge in [0.25, 0.3) is 5.91 Å². The Balaban J connectivity index is 1.33. The zero-order valence-corrected chi connectivity index (χ0v) is 21.2. The molecule has 0 bridgehead atoms. The van der Waals surface area contributed by atoms with Gasteiger partial charge in [-0.2, -0.15) is 0 Å². The summed E-state index contributed by atoms with van der Waals surface area (Å²) >= 11 is 0. The molecule has 0 radical (unpaired) electrons. The van der Waals surface area contributed by atoms with Crippen LogP contribution in [0.2, 0.25) is 0 Å². The number of barbiturate groups is 1. The van der Waals surface area contributed by atoms with Gasteiger partial charge in [-0.3, -0.25) is 29.8 Å². The van der Waals surface area contributed by atoms with Gasteiger partial charge in [-0.1, -0.05) is 24.3 Å². The molecule has 2 aromatic carbocycles. The number of fused-ring (bicyclic) bond motifs is 1. The lowest BCUT2D eigenvalue weighted by Gasteiger charge is -2.34. The molecular formula is C25H25N5O7S. The lowest BCUT2D eigenvalue weighted by atomic mass is 9.79. The number of carbonyl (C=O) groups is 5. The highest BCUT2D eigenvalue weighted by Gasteiger charge is 2.61. The summed E-state index contributed by atoms with van der Waals surface area (Å²) in [6.45, 7) is 1.71. The van der Waals surface area contributed by atoms with Crippen LogP contribution in [0.3, 0.4) is 0 Å². The van der Waals surface area contributed by atoms with Gasteiger partial charge in [0.15, 0.2) is 15.3 Å². The molecule has 13 heteroatoms. The summed E-state index contributed by atoms with van der Waals surface area (Å²) < 4.78 is 24.8. The third-order valence-electron chi connectivity index (χ3n) is 7.21. The molecule has 2 fully saturated rings. The molecule has 12 nitrogen and oxygen atoms in total. The molecule has 5 rings (SSSR count). The summed E-state index contributed by atoms with van der Waals surface area (Å²) in [5.74, 6) is -2.68. The molecule has 3 aliphatic heterocycles. The number of imide groups is 2. The van der Waals surface area contributed by atoms with Crippen LogP contribution in [0.5, 0.6) is 0 Å². The summed E-state index contributed by atoms with van der Waals surface area (Å²) in [5, 5.41) is 6.82. The maximum atomic E-state index is 13.1. The van der Waals surface area contributed by atoms with Crippen molar-refractivity contribution in [2.45, 2.75) is 24.4 Å². The fourth-order valence-electron chi connectivity index (χ4n) is 5.11. The van der Waals surface area contributed by atoms with Crippen molar-refractivity contribution >= 4 is 45.2 Å². The monoisotopic (exact) mass is 539 g/mol. The molecule has 2 saturated heterocycles.